The molecule has 0 atom stereocenters. The molecule has 0 rings (SSSR count). The summed E-state index contributed by atoms with van der Waals surface area (Å²) in [6.45, 7) is 0. The number of hydrogen-bond acceptors (Lipinski definition) is 4. The molecule has 0 bridgehead atoms. The molecule has 0 aromatic heterocycles. The predicted octanol–water partition coefficient (Wildman–Crippen LogP) is -7.77. The monoisotopic (exact) mass is 328 g/mol. The average Bonchev–Trinajstić information content (AvgIpc) is 1.88. The van der Waals surface area contributed by atoms with Gasteiger partial charge in [-0.15, -0.1) is 0 Å². The van der Waals surface area contributed by atoms with Gasteiger partial charge in [0.05, 0.1) is 0 Å². The smallest absolute Gasteiger partial charge is 1.00 e. The topological polar surface area (TPSA) is 149 Å². The molecule has 4 N–H and O–H groups in total. The van der Waals surface area contributed by atoms with E-state index in [1.54, 1.807) is 0 Å². The van der Waals surface area contributed by atoms with Crippen molar-refractivity contribution in [2.45, 2.75) is 0 Å². The van der Waals surface area contributed by atoms with E-state index in [0.29, 0.717) is 0 Å². The van der Waals surface area contributed by atoms with Crippen molar-refractivity contribution in [3.8, 4) is 0 Å². The van der Waals surface area contributed by atoms with Crippen LogP contribution in [0.2, 0.25) is 0 Å². The second-order valence-electron chi connectivity index (χ2n) is 1.22. The third kappa shape index (κ3) is 36.0. The number of hydrogen-bond donors (Lipinski definition) is 4. The average molecular weight is 329 g/mol. The van der Waals surface area contributed by atoms with E-state index in [1.165, 1.54) is 0 Å². The molecule has 0 amide bonds. The van der Waals surface area contributed by atoms with Crippen molar-refractivity contribution in [1.29, 1.82) is 0 Å². The molecule has 0 aliphatic carbocycles. The van der Waals surface area contributed by atoms with Crippen molar-refractivity contribution in [1.82, 2.24) is 0 Å². The quantitative estimate of drug-likeness (QED) is 0.253. The molecule has 0 unspecified atom stereocenters. The minimum Gasteiger partial charge on any atom is -1.00 e. The van der Waals surface area contributed by atoms with Gasteiger partial charge in [-0.3, -0.25) is 0 Å². The van der Waals surface area contributed by atoms with Crippen molar-refractivity contribution in [2.75, 3.05) is 0 Å². The summed E-state index contributed by atoms with van der Waals surface area (Å²) >= 11 is 0. The van der Waals surface area contributed by atoms with E-state index in [2.05, 4.69) is 0 Å². The Morgan fingerprint density at radius 1 is 0.625 bits per heavy atom. The van der Waals surface area contributed by atoms with E-state index >= 15 is 0 Å². The van der Waals surface area contributed by atoms with Gasteiger partial charge < -0.3 is 29.0 Å². The summed E-state index contributed by atoms with van der Waals surface area (Å²) in [6, 6.07) is 0. The zero-order valence-electron chi connectivity index (χ0n) is 14.8. The van der Waals surface area contributed by atoms with Gasteiger partial charge in [-0.2, -0.15) is 0 Å². The Kier molecular flexibility index (Phi) is 53.1. The maximum atomic E-state index is 9.10. The van der Waals surface area contributed by atoms with Gasteiger partial charge in [0.15, 0.2) is 0 Å². The van der Waals surface area contributed by atoms with E-state index in [9.17, 15) is 0 Å². The SMILES string of the molecule is O=C(O)C(=O)O.O=C(O)C(=O)O.[Ca+2].[H-].[H-].[H-].[H-].[H-].[H-].[K+].[K+].[Mg+2]. The fourth-order valence-electron chi connectivity index (χ4n) is 0. The summed E-state index contributed by atoms with van der Waals surface area (Å²) in [5, 5.41) is 29.6. The molecule has 12 heteroatoms. The van der Waals surface area contributed by atoms with Crippen LogP contribution in [0.15, 0.2) is 0 Å². The van der Waals surface area contributed by atoms with E-state index in [0.717, 1.165) is 0 Å². The Labute approximate surface area is 230 Å². The molecule has 0 spiro atoms. The second kappa shape index (κ2) is 23.3. The van der Waals surface area contributed by atoms with Crippen molar-refractivity contribution >= 4 is 84.7 Å². The Bertz CT molecular complexity index is 205. The summed E-state index contributed by atoms with van der Waals surface area (Å²) in [7, 11) is 0. The number of rotatable bonds is 0. The molecule has 8 nitrogen and oxygen atoms in total. The Morgan fingerprint density at radius 2 is 0.688 bits per heavy atom. The number of carboxylic acid groups (broad SMARTS) is 4. The molecule has 0 aromatic carbocycles. The minimum atomic E-state index is -1.82. The molecule has 0 fully saturated rings. The zero-order valence-corrected chi connectivity index (χ0v) is 18.7. The van der Waals surface area contributed by atoms with E-state index in [1.807, 2.05) is 0 Å². The summed E-state index contributed by atoms with van der Waals surface area (Å²) in [6.07, 6.45) is 0. The van der Waals surface area contributed by atoms with Crippen LogP contribution in [-0.4, -0.2) is 105 Å². The van der Waals surface area contributed by atoms with Crippen LogP contribution in [0.3, 0.4) is 0 Å². The van der Waals surface area contributed by atoms with Gasteiger partial charge in [-0.05, 0) is 0 Å². The predicted molar refractivity (Wildman–Crippen MR) is 48.7 cm³/mol. The van der Waals surface area contributed by atoms with E-state index < -0.39 is 23.9 Å². The van der Waals surface area contributed by atoms with E-state index in [4.69, 9.17) is 39.6 Å². The first-order chi connectivity index (χ1) is 5.29. The van der Waals surface area contributed by atoms with Gasteiger partial charge in [-0.1, -0.05) is 0 Å². The van der Waals surface area contributed by atoms with Crippen molar-refractivity contribution in [2.24, 2.45) is 0 Å². The molecule has 0 saturated heterocycles. The summed E-state index contributed by atoms with van der Waals surface area (Å²) < 4.78 is 0. The van der Waals surface area contributed by atoms with Gasteiger partial charge in [0.25, 0.3) is 0 Å². The first-order valence-electron chi connectivity index (χ1n) is 2.21. The maximum Gasteiger partial charge on any atom is 2.00 e. The molecule has 0 saturated carbocycles. The fraction of sp³-hybridized carbons (Fsp3) is 0. The van der Waals surface area contributed by atoms with Crippen LogP contribution in [0.4, 0.5) is 0 Å². The Balaban J connectivity index is -0.00000000625. The first kappa shape index (κ1) is 36.5. The van der Waals surface area contributed by atoms with Crippen LogP contribution in [0.25, 0.3) is 0 Å². The van der Waals surface area contributed by atoms with Crippen molar-refractivity contribution < 1.29 is 151 Å². The Hall–Kier alpha value is 3.18. The number of carbonyl (C=O) groups is 4. The molecular formula is C4H10CaK2MgO8. The van der Waals surface area contributed by atoms with Crippen molar-refractivity contribution in [3.63, 3.8) is 0 Å². The molecule has 16 heavy (non-hydrogen) atoms. The zero-order chi connectivity index (χ0) is 10.3. The third-order valence-corrected chi connectivity index (χ3v) is 0.366. The molecule has 0 aromatic rings. The largest absolute Gasteiger partial charge is 2.00 e. The minimum absolute atomic E-state index is 0. The normalized spacial score (nSPS) is 5.50. The van der Waals surface area contributed by atoms with Crippen LogP contribution in [0, 0.1) is 0 Å². The molecular weight excluding hydrogens is 319 g/mol. The number of aliphatic carboxylic acids is 4. The summed E-state index contributed by atoms with van der Waals surface area (Å²) in [5.74, 6) is -7.30. The van der Waals surface area contributed by atoms with Crippen LogP contribution >= 0.6 is 0 Å². The van der Waals surface area contributed by atoms with Crippen LogP contribution in [-0.2, 0) is 19.2 Å². The fourth-order valence-corrected chi connectivity index (χ4v) is 0. The van der Waals surface area contributed by atoms with Crippen LogP contribution < -0.4 is 103 Å². The molecule has 0 aliphatic heterocycles. The molecule has 0 heterocycles. The Morgan fingerprint density at radius 3 is 0.688 bits per heavy atom. The van der Waals surface area contributed by atoms with Crippen LogP contribution in [0.1, 0.15) is 8.56 Å². The standard InChI is InChI=1S/2C2H2O4.Ca.2K.Mg.6H/c2*3-1(4)2(5)6;;;;;;;;;;/h2*(H,3,4)(H,5,6);;;;;;;;;;/q;;+2;2*+1;+2;6*-1. The van der Waals surface area contributed by atoms with E-state index in [-0.39, 0.29) is 172 Å². The number of carboxylic acids is 4. The van der Waals surface area contributed by atoms with Gasteiger partial charge in [0.1, 0.15) is 0 Å². The van der Waals surface area contributed by atoms with Crippen molar-refractivity contribution in [3.05, 3.63) is 0 Å². The van der Waals surface area contributed by atoms with Crippen LogP contribution in [0.5, 0.6) is 0 Å². The summed E-state index contributed by atoms with van der Waals surface area (Å²) in [4.78, 5) is 36.4. The van der Waals surface area contributed by atoms with Gasteiger partial charge in [0, 0.05) is 0 Å². The van der Waals surface area contributed by atoms with Gasteiger partial charge in [-0.25, -0.2) is 19.2 Å². The maximum absolute atomic E-state index is 9.10. The first-order valence-corrected chi connectivity index (χ1v) is 2.21. The molecule has 0 aliphatic rings. The van der Waals surface area contributed by atoms with Gasteiger partial charge in [0.2, 0.25) is 0 Å². The summed E-state index contributed by atoms with van der Waals surface area (Å²) in [5.41, 5.74) is 0. The molecule has 0 radical (unpaired) electrons. The second-order valence-corrected chi connectivity index (χ2v) is 1.22. The van der Waals surface area contributed by atoms with Gasteiger partial charge >= 0.3 is 187 Å². The molecule has 80 valence electrons. The third-order valence-electron chi connectivity index (χ3n) is 0.366.